The number of hydrogen-bond donors (Lipinski definition) is 1. The number of Topliss-reactive ketones (excluding diaryl/α,β-unsaturated/α-hetero) is 1. The van der Waals surface area contributed by atoms with E-state index in [1.807, 2.05) is 6.92 Å². The van der Waals surface area contributed by atoms with Gasteiger partial charge in [-0.2, -0.15) is 0 Å². The van der Waals surface area contributed by atoms with Crippen molar-refractivity contribution >= 4 is 23.0 Å². The molecule has 0 saturated heterocycles. The summed E-state index contributed by atoms with van der Waals surface area (Å²) >= 11 is 0. The number of carbonyl (C=O) groups is 1. The van der Waals surface area contributed by atoms with E-state index < -0.39 is 4.92 Å². The number of pyridine rings is 2. The van der Waals surface area contributed by atoms with Crippen molar-refractivity contribution < 1.29 is 9.72 Å². The number of aromatic nitrogens is 2. The predicted octanol–water partition coefficient (Wildman–Crippen LogP) is 3.20. The van der Waals surface area contributed by atoms with Gasteiger partial charge in [-0.1, -0.05) is 6.92 Å². The number of carbonyl (C=O) groups excluding carboxylic acids is 1. The molecule has 23 heavy (non-hydrogen) atoms. The number of fused-ring (bicyclic) bond motifs is 1. The van der Waals surface area contributed by atoms with E-state index in [4.69, 9.17) is 0 Å². The van der Waals surface area contributed by atoms with Crippen molar-refractivity contribution in [3.05, 3.63) is 51.5 Å². The number of anilines is 2. The summed E-state index contributed by atoms with van der Waals surface area (Å²) in [6.45, 7) is 3.46. The van der Waals surface area contributed by atoms with Crippen LogP contribution in [-0.4, -0.2) is 20.7 Å². The highest BCUT2D eigenvalue weighted by atomic mass is 16.6. The predicted molar refractivity (Wildman–Crippen MR) is 85.0 cm³/mol. The molecule has 0 amide bonds. The van der Waals surface area contributed by atoms with Gasteiger partial charge >= 0.3 is 5.69 Å². The molecule has 1 unspecified atom stereocenters. The lowest BCUT2D eigenvalue weighted by molar-refractivity contribution is -0.384. The van der Waals surface area contributed by atoms with Gasteiger partial charge < -0.3 is 5.32 Å². The van der Waals surface area contributed by atoms with Crippen LogP contribution in [0.4, 0.5) is 17.2 Å². The van der Waals surface area contributed by atoms with E-state index in [9.17, 15) is 14.9 Å². The first-order valence-corrected chi connectivity index (χ1v) is 7.38. The van der Waals surface area contributed by atoms with Crippen LogP contribution in [0.15, 0.2) is 24.5 Å². The maximum absolute atomic E-state index is 12.4. The first-order valence-electron chi connectivity index (χ1n) is 7.38. The van der Waals surface area contributed by atoms with Gasteiger partial charge in [-0.25, -0.2) is 4.98 Å². The summed E-state index contributed by atoms with van der Waals surface area (Å²) < 4.78 is 0. The van der Waals surface area contributed by atoms with Crippen molar-refractivity contribution in [1.29, 1.82) is 0 Å². The smallest absolute Gasteiger partial charge is 0.315 e. The Morgan fingerprint density at radius 3 is 2.70 bits per heavy atom. The lowest BCUT2D eigenvalue weighted by Gasteiger charge is -2.22. The zero-order valence-corrected chi connectivity index (χ0v) is 12.9. The summed E-state index contributed by atoms with van der Waals surface area (Å²) in [4.78, 5) is 31.7. The summed E-state index contributed by atoms with van der Waals surface area (Å²) in [6, 6.07) is 3.40. The monoisotopic (exact) mass is 312 g/mol. The number of nitrogens with zero attached hydrogens (tertiary/aromatic N) is 3. The van der Waals surface area contributed by atoms with Crippen molar-refractivity contribution in [2.45, 2.75) is 26.7 Å². The van der Waals surface area contributed by atoms with Crippen LogP contribution in [0.25, 0.3) is 0 Å². The van der Waals surface area contributed by atoms with Gasteiger partial charge in [0.25, 0.3) is 0 Å². The molecule has 0 radical (unpaired) electrons. The van der Waals surface area contributed by atoms with E-state index in [2.05, 4.69) is 15.3 Å². The van der Waals surface area contributed by atoms with Crippen LogP contribution in [-0.2, 0) is 6.42 Å². The van der Waals surface area contributed by atoms with Crippen LogP contribution < -0.4 is 5.32 Å². The molecule has 1 aliphatic carbocycles. The van der Waals surface area contributed by atoms with Crippen LogP contribution in [0.3, 0.4) is 0 Å². The molecule has 0 aromatic carbocycles. The highest BCUT2D eigenvalue weighted by Crippen LogP contribution is 2.36. The number of rotatable bonds is 3. The highest BCUT2D eigenvalue weighted by Gasteiger charge is 2.33. The van der Waals surface area contributed by atoms with Gasteiger partial charge in [-0.15, -0.1) is 0 Å². The van der Waals surface area contributed by atoms with Crippen molar-refractivity contribution in [1.82, 2.24) is 9.97 Å². The van der Waals surface area contributed by atoms with Gasteiger partial charge in [-0.05, 0) is 31.9 Å². The Balaban J connectivity index is 2.15. The Bertz CT molecular complexity index is 790. The van der Waals surface area contributed by atoms with E-state index in [1.54, 1.807) is 31.5 Å². The fraction of sp³-hybridized carbons (Fsp3) is 0.312. The molecule has 1 aliphatic rings. The van der Waals surface area contributed by atoms with Crippen LogP contribution in [0.1, 0.15) is 35.0 Å². The van der Waals surface area contributed by atoms with E-state index in [0.717, 1.165) is 0 Å². The first-order chi connectivity index (χ1) is 11.0. The normalized spacial score (nSPS) is 16.8. The van der Waals surface area contributed by atoms with E-state index >= 15 is 0 Å². The van der Waals surface area contributed by atoms with Gasteiger partial charge in [-0.3, -0.25) is 19.9 Å². The third-order valence-electron chi connectivity index (χ3n) is 4.12. The zero-order valence-electron chi connectivity index (χ0n) is 12.9. The van der Waals surface area contributed by atoms with Crippen LogP contribution >= 0.6 is 0 Å². The molecule has 0 spiro atoms. The molecule has 0 aliphatic heterocycles. The highest BCUT2D eigenvalue weighted by molar-refractivity contribution is 6.02. The molecule has 0 saturated carbocycles. The SMILES string of the molecule is Cc1c2c(nc(Nc3ccncc3)c1[N+](=O)[O-])CCC(C)C2=O. The van der Waals surface area contributed by atoms with Crippen molar-refractivity contribution in [3.8, 4) is 0 Å². The first kappa shape index (κ1) is 15.1. The van der Waals surface area contributed by atoms with E-state index in [1.165, 1.54) is 0 Å². The molecule has 0 fully saturated rings. The second kappa shape index (κ2) is 5.75. The molecule has 2 aromatic rings. The minimum absolute atomic E-state index is 0.0604. The summed E-state index contributed by atoms with van der Waals surface area (Å²) in [7, 11) is 0. The maximum atomic E-state index is 12.4. The third kappa shape index (κ3) is 2.65. The Morgan fingerprint density at radius 2 is 2.04 bits per heavy atom. The number of aryl methyl sites for hydroxylation is 1. The molecule has 118 valence electrons. The molecule has 0 bridgehead atoms. The molecular formula is C16H16N4O3. The fourth-order valence-corrected chi connectivity index (χ4v) is 2.88. The van der Waals surface area contributed by atoms with Gasteiger partial charge in [0.2, 0.25) is 5.82 Å². The largest absolute Gasteiger partial charge is 0.334 e. The quantitative estimate of drug-likeness (QED) is 0.690. The summed E-state index contributed by atoms with van der Waals surface area (Å²) in [5.41, 5.74) is 1.94. The number of hydrogen-bond acceptors (Lipinski definition) is 6. The minimum Gasteiger partial charge on any atom is -0.334 e. The van der Waals surface area contributed by atoms with Gasteiger partial charge in [0.1, 0.15) is 0 Å². The van der Waals surface area contributed by atoms with Crippen molar-refractivity contribution in [2.75, 3.05) is 5.32 Å². The number of nitro groups is 1. The summed E-state index contributed by atoms with van der Waals surface area (Å²) in [5.74, 6) is -0.0174. The van der Waals surface area contributed by atoms with Gasteiger partial charge in [0.05, 0.1) is 10.6 Å². The second-order valence-corrected chi connectivity index (χ2v) is 5.68. The third-order valence-corrected chi connectivity index (χ3v) is 4.12. The standard InChI is InChI=1S/C16H16N4O3/c1-9-3-4-12-13(15(9)21)10(2)14(20(22)23)16(19-12)18-11-5-7-17-8-6-11/h5-9H,3-4H2,1-2H3,(H,17,18,19). The Kier molecular flexibility index (Phi) is 3.77. The molecule has 1 N–H and O–H groups in total. The number of ketones is 1. The van der Waals surface area contributed by atoms with Gasteiger partial charge in [0, 0.05) is 35.1 Å². The molecule has 7 heteroatoms. The molecular weight excluding hydrogens is 296 g/mol. The maximum Gasteiger partial charge on any atom is 0.315 e. The molecule has 3 rings (SSSR count). The van der Waals surface area contributed by atoms with E-state index in [0.29, 0.717) is 35.3 Å². The number of nitrogens with one attached hydrogen (secondary N) is 1. The van der Waals surface area contributed by atoms with Crippen LogP contribution in [0.2, 0.25) is 0 Å². The lowest BCUT2D eigenvalue weighted by Crippen LogP contribution is -2.23. The average Bonchev–Trinajstić information content (AvgIpc) is 2.51. The summed E-state index contributed by atoms with van der Waals surface area (Å²) in [6.07, 6.45) is 4.53. The van der Waals surface area contributed by atoms with Crippen LogP contribution in [0, 0.1) is 23.0 Å². The molecule has 1 atom stereocenters. The zero-order chi connectivity index (χ0) is 16.6. The van der Waals surface area contributed by atoms with Crippen LogP contribution in [0.5, 0.6) is 0 Å². The Labute approximate surface area is 132 Å². The average molecular weight is 312 g/mol. The lowest BCUT2D eigenvalue weighted by atomic mass is 9.84. The molecule has 2 heterocycles. The molecule has 7 nitrogen and oxygen atoms in total. The Morgan fingerprint density at radius 1 is 1.35 bits per heavy atom. The fourth-order valence-electron chi connectivity index (χ4n) is 2.88. The van der Waals surface area contributed by atoms with Gasteiger partial charge in [0.15, 0.2) is 5.78 Å². The molecule has 2 aromatic heterocycles. The topological polar surface area (TPSA) is 98.0 Å². The van der Waals surface area contributed by atoms with Crippen molar-refractivity contribution in [3.63, 3.8) is 0 Å². The second-order valence-electron chi connectivity index (χ2n) is 5.68. The minimum atomic E-state index is -0.487. The Hall–Kier alpha value is -2.83. The van der Waals surface area contributed by atoms with Crippen molar-refractivity contribution in [2.24, 2.45) is 5.92 Å². The van der Waals surface area contributed by atoms with E-state index in [-0.39, 0.29) is 23.2 Å². The summed E-state index contributed by atoms with van der Waals surface area (Å²) in [5, 5.41) is 14.5.